The highest BCUT2D eigenvalue weighted by Crippen LogP contribution is 2.44. The van der Waals surface area contributed by atoms with Crippen LogP contribution in [0.4, 0.5) is 5.69 Å². The van der Waals surface area contributed by atoms with Crippen molar-refractivity contribution in [2.45, 2.75) is 34.6 Å². The lowest BCUT2D eigenvalue weighted by molar-refractivity contribution is 0.531. The van der Waals surface area contributed by atoms with Crippen LogP contribution in [-0.4, -0.2) is 34.6 Å². The molecule has 126 valence electrons. The molecule has 2 aromatic rings. The third-order valence-corrected chi connectivity index (χ3v) is 7.12. The number of fused-ring (bicyclic) bond motifs is 3. The van der Waals surface area contributed by atoms with Gasteiger partial charge in [0, 0.05) is 24.7 Å². The minimum absolute atomic E-state index is 0.357. The second kappa shape index (κ2) is 5.90. The number of nitrogens with zero attached hydrogens (tertiary/aromatic N) is 1. The topological polar surface area (TPSA) is 49.4 Å². The average molecular weight is 342 g/mol. The van der Waals surface area contributed by atoms with Gasteiger partial charge in [0.15, 0.2) is 0 Å². The van der Waals surface area contributed by atoms with Crippen molar-refractivity contribution in [3.8, 4) is 0 Å². The smallest absolute Gasteiger partial charge is 0.206 e. The van der Waals surface area contributed by atoms with E-state index in [0.29, 0.717) is 21.8 Å². The first-order valence-electron chi connectivity index (χ1n) is 8.46. The molecule has 1 fully saturated rings. The molecule has 5 heteroatoms. The lowest BCUT2D eigenvalue weighted by atomic mass is 9.91. The van der Waals surface area contributed by atoms with Gasteiger partial charge in [-0.15, -0.1) is 0 Å². The van der Waals surface area contributed by atoms with Crippen LogP contribution in [0, 0.1) is 0 Å². The van der Waals surface area contributed by atoms with Gasteiger partial charge >= 0.3 is 0 Å². The highest BCUT2D eigenvalue weighted by atomic mass is 32.2. The molecule has 0 unspecified atom stereocenters. The van der Waals surface area contributed by atoms with Gasteiger partial charge in [0.2, 0.25) is 9.84 Å². The molecule has 2 atom stereocenters. The number of likely N-dealkylation sites (N-methyl/N-ethyl adjacent to an activating group) is 1. The number of hydrogen-bond acceptors (Lipinski definition) is 4. The highest BCUT2D eigenvalue weighted by molar-refractivity contribution is 7.91. The van der Waals surface area contributed by atoms with Crippen LogP contribution in [0.1, 0.15) is 24.3 Å². The molecule has 4 nitrogen and oxygen atoms in total. The molecular formula is C19H22N2O2S. The lowest BCUT2D eigenvalue weighted by Gasteiger charge is -2.24. The quantitative estimate of drug-likeness (QED) is 0.912. The van der Waals surface area contributed by atoms with Crippen LogP contribution in [0.5, 0.6) is 0 Å². The summed E-state index contributed by atoms with van der Waals surface area (Å²) in [5, 5.41) is 3.45. The zero-order valence-corrected chi connectivity index (χ0v) is 14.6. The predicted octanol–water partition coefficient (Wildman–Crippen LogP) is 2.80. The van der Waals surface area contributed by atoms with Crippen molar-refractivity contribution in [2.24, 2.45) is 0 Å². The zero-order chi connectivity index (χ0) is 16.7. The monoisotopic (exact) mass is 342 g/mol. The Labute approximate surface area is 143 Å². The van der Waals surface area contributed by atoms with E-state index in [1.807, 2.05) is 18.2 Å². The van der Waals surface area contributed by atoms with Crippen molar-refractivity contribution >= 4 is 15.5 Å². The van der Waals surface area contributed by atoms with Gasteiger partial charge in [-0.3, -0.25) is 0 Å². The second-order valence-corrected chi connectivity index (χ2v) is 8.60. The van der Waals surface area contributed by atoms with E-state index in [-0.39, 0.29) is 0 Å². The first-order valence-corrected chi connectivity index (χ1v) is 9.95. The van der Waals surface area contributed by atoms with E-state index in [4.69, 9.17) is 0 Å². The number of hydrogen-bond donors (Lipinski definition) is 1. The molecule has 24 heavy (non-hydrogen) atoms. The van der Waals surface area contributed by atoms with E-state index < -0.39 is 9.84 Å². The Hall–Kier alpha value is -1.85. The molecule has 1 saturated heterocycles. The van der Waals surface area contributed by atoms with Gasteiger partial charge in [-0.2, -0.15) is 0 Å². The molecule has 1 N–H and O–H groups in total. The summed E-state index contributed by atoms with van der Waals surface area (Å²) < 4.78 is 25.8. The third kappa shape index (κ3) is 2.43. The summed E-state index contributed by atoms with van der Waals surface area (Å²) in [6, 6.07) is 14.8. The third-order valence-electron chi connectivity index (χ3n) is 5.35. The normalized spacial score (nSPS) is 23.5. The maximum Gasteiger partial charge on any atom is 0.206 e. The Kier molecular flexibility index (Phi) is 3.85. The van der Waals surface area contributed by atoms with Crippen molar-refractivity contribution < 1.29 is 8.42 Å². The average Bonchev–Trinajstić information content (AvgIpc) is 2.78. The van der Waals surface area contributed by atoms with Crippen LogP contribution >= 0.6 is 0 Å². The standard InChI is InChI=1S/C19H22N2O2S/c1-21-18-8-7-15(24(22,23)14-5-3-2-4-6-14)13-17(18)16-9-11-20-12-10-19(16)21/h2-8,13,16,19-20H,9-12H2,1H3/t16-,19-/m1/s1. The van der Waals surface area contributed by atoms with Gasteiger partial charge in [0.1, 0.15) is 0 Å². The maximum atomic E-state index is 12.9. The van der Waals surface area contributed by atoms with Crippen LogP contribution in [0.15, 0.2) is 58.3 Å². The summed E-state index contributed by atoms with van der Waals surface area (Å²) in [6.45, 7) is 2.01. The summed E-state index contributed by atoms with van der Waals surface area (Å²) in [5.41, 5.74) is 2.36. The van der Waals surface area contributed by atoms with Crippen molar-refractivity contribution in [1.82, 2.24) is 5.32 Å². The summed E-state index contributed by atoms with van der Waals surface area (Å²) in [4.78, 5) is 3.08. The first kappa shape index (κ1) is 15.7. The van der Waals surface area contributed by atoms with E-state index in [2.05, 4.69) is 17.3 Å². The molecule has 2 aliphatic rings. The Morgan fingerprint density at radius 2 is 1.75 bits per heavy atom. The Bertz CT molecular complexity index is 849. The largest absolute Gasteiger partial charge is 0.371 e. The van der Waals surface area contributed by atoms with Gasteiger partial charge in [-0.25, -0.2) is 8.42 Å². The lowest BCUT2D eigenvalue weighted by Crippen LogP contribution is -2.30. The van der Waals surface area contributed by atoms with Crippen LogP contribution in [-0.2, 0) is 9.84 Å². The minimum Gasteiger partial charge on any atom is -0.371 e. The molecule has 0 amide bonds. The molecule has 0 bridgehead atoms. The molecule has 2 aromatic carbocycles. The highest BCUT2D eigenvalue weighted by Gasteiger charge is 2.37. The molecular weight excluding hydrogens is 320 g/mol. The predicted molar refractivity (Wildman–Crippen MR) is 95.4 cm³/mol. The van der Waals surface area contributed by atoms with Crippen molar-refractivity contribution in [1.29, 1.82) is 0 Å². The molecule has 0 aromatic heterocycles. The van der Waals surface area contributed by atoms with Gasteiger partial charge in [-0.1, -0.05) is 18.2 Å². The van der Waals surface area contributed by atoms with E-state index in [1.165, 1.54) is 11.3 Å². The Balaban J connectivity index is 1.78. The van der Waals surface area contributed by atoms with Crippen molar-refractivity contribution in [3.05, 3.63) is 54.1 Å². The number of sulfone groups is 1. The van der Waals surface area contributed by atoms with Crippen LogP contribution < -0.4 is 10.2 Å². The van der Waals surface area contributed by atoms with E-state index in [1.54, 1.807) is 30.3 Å². The SMILES string of the molecule is CN1c2ccc(S(=O)(=O)c3ccccc3)cc2[C@H]2CCNCC[C@H]21. The van der Waals surface area contributed by atoms with Gasteiger partial charge in [0.05, 0.1) is 9.79 Å². The summed E-state index contributed by atoms with van der Waals surface area (Å²) in [6.07, 6.45) is 2.15. The van der Waals surface area contributed by atoms with Crippen molar-refractivity contribution in [2.75, 3.05) is 25.0 Å². The summed E-state index contributed by atoms with van der Waals surface area (Å²) in [7, 11) is -1.33. The van der Waals surface area contributed by atoms with Crippen LogP contribution in [0.2, 0.25) is 0 Å². The molecule has 0 radical (unpaired) electrons. The van der Waals surface area contributed by atoms with Gasteiger partial charge < -0.3 is 10.2 Å². The van der Waals surface area contributed by atoms with E-state index >= 15 is 0 Å². The molecule has 4 rings (SSSR count). The van der Waals surface area contributed by atoms with Crippen LogP contribution in [0.3, 0.4) is 0 Å². The molecule has 2 aliphatic heterocycles. The van der Waals surface area contributed by atoms with E-state index in [9.17, 15) is 8.42 Å². The van der Waals surface area contributed by atoms with Gasteiger partial charge in [-0.05, 0) is 61.8 Å². The molecule has 0 saturated carbocycles. The fraction of sp³-hybridized carbons (Fsp3) is 0.368. The summed E-state index contributed by atoms with van der Waals surface area (Å²) in [5.74, 6) is 0.408. The van der Waals surface area contributed by atoms with Gasteiger partial charge in [0.25, 0.3) is 0 Å². The van der Waals surface area contributed by atoms with E-state index in [0.717, 1.165) is 25.9 Å². The van der Waals surface area contributed by atoms with Crippen molar-refractivity contribution in [3.63, 3.8) is 0 Å². The molecule has 0 aliphatic carbocycles. The second-order valence-electron chi connectivity index (χ2n) is 6.65. The molecule has 0 spiro atoms. The number of benzene rings is 2. The number of rotatable bonds is 2. The maximum absolute atomic E-state index is 12.9. The number of nitrogens with one attached hydrogen (secondary N) is 1. The van der Waals surface area contributed by atoms with Crippen LogP contribution in [0.25, 0.3) is 0 Å². The zero-order valence-electron chi connectivity index (χ0n) is 13.8. The Morgan fingerprint density at radius 3 is 2.54 bits per heavy atom. The molecule has 2 heterocycles. The first-order chi connectivity index (χ1) is 11.6. The summed E-state index contributed by atoms with van der Waals surface area (Å²) >= 11 is 0. The Morgan fingerprint density at radius 1 is 1.00 bits per heavy atom. The minimum atomic E-state index is -3.46. The fourth-order valence-corrected chi connectivity index (χ4v) is 5.40. The fourth-order valence-electron chi connectivity index (χ4n) is 4.08. The number of anilines is 1.